The third kappa shape index (κ3) is 3.75. The van der Waals surface area contributed by atoms with Gasteiger partial charge in [0.1, 0.15) is 5.69 Å². The van der Waals surface area contributed by atoms with Crippen molar-refractivity contribution in [3.8, 4) is 0 Å². The molecule has 0 aliphatic heterocycles. The van der Waals surface area contributed by atoms with Crippen LogP contribution in [-0.4, -0.2) is 22.8 Å². The standard InChI is InChI=1S/C11H15F3N2O2/c1-3-7(2)10(17)18-5-4-8-6-15-16-9(8)11(12,13)14/h6-7H,3-5H2,1-2H3,(H,15,16). The molecule has 0 radical (unpaired) electrons. The predicted molar refractivity (Wildman–Crippen MR) is 57.7 cm³/mol. The highest BCUT2D eigenvalue weighted by molar-refractivity contribution is 5.71. The minimum Gasteiger partial charge on any atom is -0.465 e. The van der Waals surface area contributed by atoms with Crippen molar-refractivity contribution in [2.24, 2.45) is 5.92 Å². The van der Waals surface area contributed by atoms with E-state index in [-0.39, 0.29) is 24.5 Å². The molecular formula is C11H15F3N2O2. The Morgan fingerprint density at radius 1 is 1.56 bits per heavy atom. The van der Waals surface area contributed by atoms with E-state index in [1.807, 2.05) is 12.0 Å². The molecule has 1 atom stereocenters. The van der Waals surface area contributed by atoms with Gasteiger partial charge in [0.25, 0.3) is 0 Å². The number of nitrogens with zero attached hydrogens (tertiary/aromatic N) is 1. The van der Waals surface area contributed by atoms with Crippen LogP contribution in [0.15, 0.2) is 6.20 Å². The maximum Gasteiger partial charge on any atom is 0.433 e. The summed E-state index contributed by atoms with van der Waals surface area (Å²) >= 11 is 0. The number of nitrogens with one attached hydrogen (secondary N) is 1. The molecule has 0 amide bonds. The van der Waals surface area contributed by atoms with Gasteiger partial charge in [-0.1, -0.05) is 13.8 Å². The fraction of sp³-hybridized carbons (Fsp3) is 0.636. The molecule has 7 heteroatoms. The summed E-state index contributed by atoms with van der Waals surface area (Å²) in [5.41, 5.74) is -0.887. The molecule has 0 saturated heterocycles. The maximum absolute atomic E-state index is 12.5. The summed E-state index contributed by atoms with van der Waals surface area (Å²) in [6, 6.07) is 0. The van der Waals surface area contributed by atoms with Gasteiger partial charge in [0, 0.05) is 12.0 Å². The molecule has 0 spiro atoms. The number of halogens is 3. The van der Waals surface area contributed by atoms with Crippen LogP contribution in [0, 0.1) is 5.92 Å². The second kappa shape index (κ2) is 5.88. The van der Waals surface area contributed by atoms with E-state index in [1.54, 1.807) is 6.92 Å². The Hall–Kier alpha value is -1.53. The Labute approximate surface area is 103 Å². The van der Waals surface area contributed by atoms with Crippen LogP contribution < -0.4 is 0 Å². The lowest BCUT2D eigenvalue weighted by Crippen LogP contribution is -2.16. The Kier molecular flexibility index (Phi) is 4.75. The van der Waals surface area contributed by atoms with Crippen molar-refractivity contribution in [3.63, 3.8) is 0 Å². The predicted octanol–water partition coefficient (Wildman–Crippen LogP) is 2.56. The van der Waals surface area contributed by atoms with Gasteiger partial charge in [-0.05, 0) is 6.42 Å². The van der Waals surface area contributed by atoms with E-state index in [0.717, 1.165) is 6.20 Å². The zero-order chi connectivity index (χ0) is 13.8. The first-order chi connectivity index (χ1) is 8.36. The molecule has 4 nitrogen and oxygen atoms in total. The molecule has 0 bridgehead atoms. The Bertz CT molecular complexity index is 401. The zero-order valence-corrected chi connectivity index (χ0v) is 10.2. The first kappa shape index (κ1) is 14.5. The lowest BCUT2D eigenvalue weighted by atomic mass is 10.1. The SMILES string of the molecule is CCC(C)C(=O)OCCc1cn[nH]c1C(F)(F)F. The monoisotopic (exact) mass is 264 g/mol. The van der Waals surface area contributed by atoms with Gasteiger partial charge in [-0.2, -0.15) is 18.3 Å². The number of H-pyrrole nitrogens is 1. The lowest BCUT2D eigenvalue weighted by molar-refractivity contribution is -0.148. The smallest absolute Gasteiger partial charge is 0.433 e. The van der Waals surface area contributed by atoms with Crippen molar-refractivity contribution in [3.05, 3.63) is 17.5 Å². The molecule has 1 aromatic rings. The molecule has 0 aliphatic carbocycles. The highest BCUT2D eigenvalue weighted by atomic mass is 19.4. The zero-order valence-electron chi connectivity index (χ0n) is 10.2. The summed E-state index contributed by atoms with van der Waals surface area (Å²) in [4.78, 5) is 11.3. The normalized spacial score (nSPS) is 13.4. The molecule has 102 valence electrons. The number of aromatic amines is 1. The van der Waals surface area contributed by atoms with Gasteiger partial charge in [-0.15, -0.1) is 0 Å². The average Bonchev–Trinajstić information content (AvgIpc) is 2.75. The van der Waals surface area contributed by atoms with Crippen LogP contribution in [0.5, 0.6) is 0 Å². The summed E-state index contributed by atoms with van der Waals surface area (Å²) in [5, 5.41) is 5.25. The summed E-state index contributed by atoms with van der Waals surface area (Å²) in [7, 11) is 0. The van der Waals surface area contributed by atoms with Crippen molar-refractivity contribution in [2.45, 2.75) is 32.9 Å². The molecule has 1 rings (SSSR count). The van der Waals surface area contributed by atoms with Crippen LogP contribution in [0.25, 0.3) is 0 Å². The van der Waals surface area contributed by atoms with Crippen LogP contribution in [0.4, 0.5) is 13.2 Å². The number of hydrogen-bond donors (Lipinski definition) is 1. The van der Waals surface area contributed by atoms with Crippen LogP contribution >= 0.6 is 0 Å². The Morgan fingerprint density at radius 3 is 2.78 bits per heavy atom. The topological polar surface area (TPSA) is 55.0 Å². The van der Waals surface area contributed by atoms with E-state index in [1.165, 1.54) is 0 Å². The number of alkyl halides is 3. The fourth-order valence-electron chi connectivity index (χ4n) is 1.32. The van der Waals surface area contributed by atoms with Gasteiger partial charge in [0.15, 0.2) is 0 Å². The second-order valence-corrected chi connectivity index (χ2v) is 3.99. The van der Waals surface area contributed by atoms with Crippen LogP contribution in [0.2, 0.25) is 0 Å². The largest absolute Gasteiger partial charge is 0.465 e. The number of carbonyl (C=O) groups excluding carboxylic acids is 1. The average molecular weight is 264 g/mol. The molecule has 1 heterocycles. The molecule has 1 aromatic heterocycles. The summed E-state index contributed by atoms with van der Waals surface area (Å²) in [6.45, 7) is 3.47. The first-order valence-electron chi connectivity index (χ1n) is 5.62. The molecule has 1 unspecified atom stereocenters. The third-order valence-electron chi connectivity index (χ3n) is 2.63. The van der Waals surface area contributed by atoms with Gasteiger partial charge in [0.2, 0.25) is 0 Å². The van der Waals surface area contributed by atoms with Crippen molar-refractivity contribution < 1.29 is 22.7 Å². The van der Waals surface area contributed by atoms with Gasteiger partial charge < -0.3 is 4.74 Å². The molecule has 0 fully saturated rings. The van der Waals surface area contributed by atoms with E-state index in [0.29, 0.717) is 6.42 Å². The molecule has 1 N–H and O–H groups in total. The van der Waals surface area contributed by atoms with Crippen molar-refractivity contribution >= 4 is 5.97 Å². The minimum absolute atomic E-state index is 0.000508. The van der Waals surface area contributed by atoms with Crippen molar-refractivity contribution in [1.29, 1.82) is 0 Å². The summed E-state index contributed by atoms with van der Waals surface area (Å²) in [5.74, 6) is -0.633. The Balaban J connectivity index is 2.50. The van der Waals surface area contributed by atoms with E-state index in [4.69, 9.17) is 4.74 Å². The number of carbonyl (C=O) groups is 1. The summed E-state index contributed by atoms with van der Waals surface area (Å²) < 4.78 is 42.3. The number of ether oxygens (including phenoxy) is 1. The fourth-order valence-corrected chi connectivity index (χ4v) is 1.32. The number of hydrogen-bond acceptors (Lipinski definition) is 3. The van der Waals surface area contributed by atoms with E-state index in [2.05, 4.69) is 5.10 Å². The quantitative estimate of drug-likeness (QED) is 0.831. The number of aromatic nitrogens is 2. The van der Waals surface area contributed by atoms with Gasteiger partial charge >= 0.3 is 12.1 Å². The molecule has 0 aliphatic rings. The van der Waals surface area contributed by atoms with E-state index >= 15 is 0 Å². The molecule has 18 heavy (non-hydrogen) atoms. The molecule has 0 aromatic carbocycles. The van der Waals surface area contributed by atoms with Crippen LogP contribution in [-0.2, 0) is 22.1 Å². The second-order valence-electron chi connectivity index (χ2n) is 3.99. The lowest BCUT2D eigenvalue weighted by Gasteiger charge is -2.10. The highest BCUT2D eigenvalue weighted by Gasteiger charge is 2.35. The van der Waals surface area contributed by atoms with Crippen molar-refractivity contribution in [2.75, 3.05) is 6.61 Å². The van der Waals surface area contributed by atoms with Gasteiger partial charge in [-0.25, -0.2) is 0 Å². The third-order valence-corrected chi connectivity index (χ3v) is 2.63. The molecule has 0 saturated carbocycles. The molecular weight excluding hydrogens is 249 g/mol. The number of rotatable bonds is 5. The van der Waals surface area contributed by atoms with Crippen molar-refractivity contribution in [1.82, 2.24) is 10.2 Å². The van der Waals surface area contributed by atoms with Crippen LogP contribution in [0.3, 0.4) is 0 Å². The Morgan fingerprint density at radius 2 is 2.22 bits per heavy atom. The summed E-state index contributed by atoms with van der Waals surface area (Å²) in [6.07, 6.45) is -2.74. The first-order valence-corrected chi connectivity index (χ1v) is 5.62. The van der Waals surface area contributed by atoms with E-state index < -0.39 is 17.8 Å². The van der Waals surface area contributed by atoms with E-state index in [9.17, 15) is 18.0 Å². The minimum atomic E-state index is -4.47. The highest BCUT2D eigenvalue weighted by Crippen LogP contribution is 2.30. The number of esters is 1. The van der Waals surface area contributed by atoms with Gasteiger partial charge in [-0.3, -0.25) is 9.89 Å². The van der Waals surface area contributed by atoms with Gasteiger partial charge in [0.05, 0.1) is 18.7 Å². The maximum atomic E-state index is 12.5. The van der Waals surface area contributed by atoms with Crippen LogP contribution in [0.1, 0.15) is 31.5 Å².